The van der Waals surface area contributed by atoms with E-state index in [1.807, 2.05) is 17.5 Å². The number of nitrogens with one attached hydrogen (secondary N) is 2. The smallest absolute Gasteiger partial charge is 0.220 e. The number of aromatic amines is 1. The number of hydrogen-bond acceptors (Lipinski definition) is 3. The van der Waals surface area contributed by atoms with Gasteiger partial charge in [0, 0.05) is 17.7 Å². The lowest BCUT2D eigenvalue weighted by Crippen LogP contribution is -2.28. The van der Waals surface area contributed by atoms with Crippen LogP contribution in [0.5, 0.6) is 0 Å². The van der Waals surface area contributed by atoms with Gasteiger partial charge in [-0.2, -0.15) is 0 Å². The highest BCUT2D eigenvalue weighted by Crippen LogP contribution is 2.26. The van der Waals surface area contributed by atoms with Crippen molar-refractivity contribution in [3.8, 4) is 0 Å². The molecule has 0 saturated heterocycles. The fourth-order valence-electron chi connectivity index (χ4n) is 3.34. The number of amides is 1. The molecule has 0 aliphatic carbocycles. The lowest BCUT2D eigenvalue weighted by Gasteiger charge is -2.18. The summed E-state index contributed by atoms with van der Waals surface area (Å²) in [6.45, 7) is 2.05. The molecule has 0 spiro atoms. The van der Waals surface area contributed by atoms with Crippen molar-refractivity contribution in [1.29, 1.82) is 0 Å². The number of halogens is 1. The average molecular weight is 408 g/mol. The topological polar surface area (TPSA) is 57.8 Å². The van der Waals surface area contributed by atoms with E-state index in [-0.39, 0.29) is 17.8 Å². The van der Waals surface area contributed by atoms with E-state index in [9.17, 15) is 9.18 Å². The lowest BCUT2D eigenvalue weighted by atomic mass is 10.0. The Labute approximate surface area is 172 Å². The number of hydrogen-bond donors (Lipinski definition) is 2. The Bertz CT molecular complexity index is 1100. The van der Waals surface area contributed by atoms with Crippen LogP contribution in [0.2, 0.25) is 0 Å². The Morgan fingerprint density at radius 2 is 2.03 bits per heavy atom. The van der Waals surface area contributed by atoms with Crippen LogP contribution >= 0.6 is 11.3 Å². The summed E-state index contributed by atoms with van der Waals surface area (Å²) in [6.07, 6.45) is 1.70. The van der Waals surface area contributed by atoms with Crippen LogP contribution in [0.4, 0.5) is 4.39 Å². The minimum absolute atomic E-state index is 0.00568. The molecule has 4 rings (SSSR count). The third-order valence-electron chi connectivity index (χ3n) is 4.85. The lowest BCUT2D eigenvalue weighted by molar-refractivity contribution is -0.121. The van der Waals surface area contributed by atoms with Crippen LogP contribution in [-0.4, -0.2) is 15.9 Å². The maximum Gasteiger partial charge on any atom is 0.220 e. The maximum atomic E-state index is 13.3. The second-order valence-corrected chi connectivity index (χ2v) is 8.10. The van der Waals surface area contributed by atoms with E-state index >= 15 is 0 Å². The van der Waals surface area contributed by atoms with E-state index in [1.165, 1.54) is 17.7 Å². The average Bonchev–Trinajstić information content (AvgIpc) is 3.36. The molecule has 0 bridgehead atoms. The number of imidazole rings is 1. The quantitative estimate of drug-likeness (QED) is 0.437. The molecular weight excluding hydrogens is 385 g/mol. The van der Waals surface area contributed by atoms with Crippen LogP contribution in [0, 0.1) is 12.7 Å². The summed E-state index contributed by atoms with van der Waals surface area (Å²) < 4.78 is 13.3. The van der Waals surface area contributed by atoms with Gasteiger partial charge in [0.1, 0.15) is 11.6 Å². The van der Waals surface area contributed by atoms with Crippen molar-refractivity contribution in [3.05, 3.63) is 87.6 Å². The molecule has 2 N–H and O–H groups in total. The predicted molar refractivity (Wildman–Crippen MR) is 114 cm³/mol. The number of H-pyrrole nitrogens is 1. The minimum Gasteiger partial charge on any atom is -0.344 e. The molecule has 0 radical (unpaired) electrons. The summed E-state index contributed by atoms with van der Waals surface area (Å²) >= 11 is 1.64. The van der Waals surface area contributed by atoms with Crippen LogP contribution in [0.25, 0.3) is 11.0 Å². The van der Waals surface area contributed by atoms with Gasteiger partial charge in [-0.3, -0.25) is 4.79 Å². The first-order valence-corrected chi connectivity index (χ1v) is 10.5. The van der Waals surface area contributed by atoms with Gasteiger partial charge in [-0.15, -0.1) is 11.3 Å². The molecule has 1 atom stereocenters. The first kappa shape index (κ1) is 19.3. The van der Waals surface area contributed by atoms with Gasteiger partial charge < -0.3 is 10.3 Å². The fraction of sp³-hybridized carbons (Fsp3) is 0.217. The molecule has 29 heavy (non-hydrogen) atoms. The molecule has 0 fully saturated rings. The molecular formula is C23H22FN3OS. The van der Waals surface area contributed by atoms with Crippen LogP contribution in [0.3, 0.4) is 0 Å². The number of nitrogens with zero attached hydrogens (tertiary/aromatic N) is 1. The maximum absolute atomic E-state index is 13.3. The molecule has 2 heterocycles. The molecule has 0 aliphatic rings. The standard InChI is InChI=1S/C23H22FN3OS/c1-15-7-9-16(10-8-15)23(20-4-3-13-29-20)27-22(28)6-2-5-21-25-18-12-11-17(24)14-19(18)26-21/h3-4,7-14,23H,2,5-6H2,1H3,(H,25,26)(H,27,28). The Morgan fingerprint density at radius 1 is 1.21 bits per heavy atom. The molecule has 1 unspecified atom stereocenters. The molecule has 0 aliphatic heterocycles. The van der Waals surface area contributed by atoms with Crippen molar-refractivity contribution in [1.82, 2.24) is 15.3 Å². The molecule has 4 aromatic rings. The Balaban J connectivity index is 1.38. The number of rotatable bonds is 7. The van der Waals surface area contributed by atoms with Gasteiger partial charge >= 0.3 is 0 Å². The SMILES string of the molecule is Cc1ccc(C(NC(=O)CCCc2nc3ccc(F)cc3[nH]2)c2cccs2)cc1. The molecule has 2 aromatic heterocycles. The minimum atomic E-state index is -0.289. The van der Waals surface area contributed by atoms with E-state index in [0.29, 0.717) is 24.8 Å². The number of benzene rings is 2. The van der Waals surface area contributed by atoms with Gasteiger partial charge in [-0.1, -0.05) is 35.9 Å². The molecule has 1 amide bonds. The Morgan fingerprint density at radius 3 is 2.79 bits per heavy atom. The highest BCUT2D eigenvalue weighted by molar-refractivity contribution is 7.10. The molecule has 0 saturated carbocycles. The highest BCUT2D eigenvalue weighted by Gasteiger charge is 2.17. The number of carbonyl (C=O) groups excluding carboxylic acids is 1. The van der Waals surface area contributed by atoms with Crippen molar-refractivity contribution in [2.24, 2.45) is 0 Å². The van der Waals surface area contributed by atoms with Gasteiger partial charge in [-0.25, -0.2) is 9.37 Å². The van der Waals surface area contributed by atoms with Crippen molar-refractivity contribution in [3.63, 3.8) is 0 Å². The van der Waals surface area contributed by atoms with E-state index < -0.39 is 0 Å². The first-order valence-electron chi connectivity index (χ1n) is 9.62. The van der Waals surface area contributed by atoms with Gasteiger partial charge in [-0.05, 0) is 48.6 Å². The van der Waals surface area contributed by atoms with Crippen LogP contribution in [0.15, 0.2) is 60.0 Å². The van der Waals surface area contributed by atoms with Gasteiger partial charge in [0.25, 0.3) is 0 Å². The largest absolute Gasteiger partial charge is 0.344 e. The summed E-state index contributed by atoms with van der Waals surface area (Å²) in [4.78, 5) is 21.3. The van der Waals surface area contributed by atoms with Crippen molar-refractivity contribution < 1.29 is 9.18 Å². The molecule has 6 heteroatoms. The van der Waals surface area contributed by atoms with Crippen LogP contribution in [-0.2, 0) is 11.2 Å². The number of fused-ring (bicyclic) bond motifs is 1. The predicted octanol–water partition coefficient (Wildman–Crippen LogP) is 5.30. The summed E-state index contributed by atoms with van der Waals surface area (Å²) in [7, 11) is 0. The summed E-state index contributed by atoms with van der Waals surface area (Å²) in [5.41, 5.74) is 3.69. The zero-order valence-corrected chi connectivity index (χ0v) is 16.9. The normalized spacial score (nSPS) is 12.2. The summed E-state index contributed by atoms with van der Waals surface area (Å²) in [6, 6.07) is 16.6. The number of aromatic nitrogens is 2. The molecule has 2 aromatic carbocycles. The first-order chi connectivity index (χ1) is 14.1. The van der Waals surface area contributed by atoms with Gasteiger partial charge in [0.05, 0.1) is 17.1 Å². The number of aryl methyl sites for hydroxylation is 2. The number of thiophene rings is 1. The summed E-state index contributed by atoms with van der Waals surface area (Å²) in [5, 5.41) is 5.19. The monoisotopic (exact) mass is 407 g/mol. The zero-order chi connectivity index (χ0) is 20.2. The van der Waals surface area contributed by atoms with Gasteiger partial charge in [0.2, 0.25) is 5.91 Å². The van der Waals surface area contributed by atoms with E-state index in [4.69, 9.17) is 0 Å². The fourth-order valence-corrected chi connectivity index (χ4v) is 4.14. The van der Waals surface area contributed by atoms with Crippen molar-refractivity contribution in [2.45, 2.75) is 32.2 Å². The van der Waals surface area contributed by atoms with Crippen LogP contribution in [0.1, 0.15) is 40.7 Å². The summed E-state index contributed by atoms with van der Waals surface area (Å²) in [5.74, 6) is 0.487. The Kier molecular flexibility index (Phi) is 5.71. The number of carbonyl (C=O) groups is 1. The van der Waals surface area contributed by atoms with E-state index in [0.717, 1.165) is 21.8 Å². The molecule has 148 valence electrons. The second kappa shape index (κ2) is 8.57. The van der Waals surface area contributed by atoms with E-state index in [2.05, 4.69) is 46.5 Å². The van der Waals surface area contributed by atoms with E-state index in [1.54, 1.807) is 17.4 Å². The zero-order valence-electron chi connectivity index (χ0n) is 16.1. The van der Waals surface area contributed by atoms with Crippen LogP contribution < -0.4 is 5.32 Å². The van der Waals surface area contributed by atoms with Crippen molar-refractivity contribution >= 4 is 28.3 Å². The van der Waals surface area contributed by atoms with Gasteiger partial charge in [0.15, 0.2) is 0 Å². The Hall–Kier alpha value is -2.99. The van der Waals surface area contributed by atoms with Crippen molar-refractivity contribution in [2.75, 3.05) is 0 Å². The third-order valence-corrected chi connectivity index (χ3v) is 5.79. The second-order valence-electron chi connectivity index (χ2n) is 7.13. The third kappa shape index (κ3) is 4.71. The highest BCUT2D eigenvalue weighted by atomic mass is 32.1. The molecule has 4 nitrogen and oxygen atoms in total.